The van der Waals surface area contributed by atoms with Crippen LogP contribution in [0.5, 0.6) is 0 Å². The molecule has 0 radical (unpaired) electrons. The summed E-state index contributed by atoms with van der Waals surface area (Å²) >= 11 is 3.11. The molecule has 0 heterocycles. The lowest BCUT2D eigenvalue weighted by Gasteiger charge is -2.10. The Balaban J connectivity index is 2.68. The van der Waals surface area contributed by atoms with Gasteiger partial charge in [0.25, 0.3) is 0 Å². The molecular weight excluding hydrogens is 285 g/mol. The van der Waals surface area contributed by atoms with Crippen LogP contribution in [0.4, 0.5) is 10.1 Å². The van der Waals surface area contributed by atoms with E-state index in [2.05, 4.69) is 35.1 Å². The average molecular weight is 302 g/mol. The molecule has 1 aromatic carbocycles. The lowest BCUT2D eigenvalue weighted by molar-refractivity contribution is -0.116. The summed E-state index contributed by atoms with van der Waals surface area (Å²) in [5.41, 5.74) is 1.38. The Kier molecular flexibility index (Phi) is 5.12. The van der Waals surface area contributed by atoms with Gasteiger partial charge in [-0.2, -0.15) is 0 Å². The van der Waals surface area contributed by atoms with Gasteiger partial charge in [-0.05, 0) is 52.9 Å². The number of halogens is 2. The van der Waals surface area contributed by atoms with Crippen molar-refractivity contribution >= 4 is 27.5 Å². The van der Waals surface area contributed by atoms with E-state index in [9.17, 15) is 9.18 Å². The molecule has 1 N–H and O–H groups in total. The standard InChI is InChI=1S/C13H17BrFNO/c1-8(2)4-5-13(17)16-12-7-10(14)11(15)6-9(12)3/h6-8H,4-5H2,1-3H3,(H,16,17). The number of hydrogen-bond acceptors (Lipinski definition) is 1. The van der Waals surface area contributed by atoms with Gasteiger partial charge in [-0.15, -0.1) is 0 Å². The second kappa shape index (κ2) is 6.15. The summed E-state index contributed by atoms with van der Waals surface area (Å²) in [6.45, 7) is 5.92. The fourth-order valence-electron chi connectivity index (χ4n) is 1.41. The molecule has 0 saturated carbocycles. The Labute approximate surface area is 110 Å². The second-order valence-electron chi connectivity index (χ2n) is 4.56. The molecule has 1 rings (SSSR count). The van der Waals surface area contributed by atoms with Crippen molar-refractivity contribution in [3.63, 3.8) is 0 Å². The predicted octanol–water partition coefficient (Wildman–Crippen LogP) is 4.27. The van der Waals surface area contributed by atoms with Crippen LogP contribution in [0.15, 0.2) is 16.6 Å². The van der Waals surface area contributed by atoms with Gasteiger partial charge in [0.2, 0.25) is 5.91 Å². The third kappa shape index (κ3) is 4.46. The lowest BCUT2D eigenvalue weighted by atomic mass is 10.1. The molecule has 0 saturated heterocycles. The maximum Gasteiger partial charge on any atom is 0.224 e. The molecule has 1 amide bonds. The molecule has 0 aliphatic heterocycles. The number of nitrogens with one attached hydrogen (secondary N) is 1. The number of rotatable bonds is 4. The highest BCUT2D eigenvalue weighted by atomic mass is 79.9. The fourth-order valence-corrected chi connectivity index (χ4v) is 1.76. The molecule has 4 heteroatoms. The minimum Gasteiger partial charge on any atom is -0.326 e. The van der Waals surface area contributed by atoms with Gasteiger partial charge in [-0.25, -0.2) is 4.39 Å². The monoisotopic (exact) mass is 301 g/mol. The van der Waals surface area contributed by atoms with E-state index in [1.54, 1.807) is 13.0 Å². The van der Waals surface area contributed by atoms with Crippen LogP contribution in [0.1, 0.15) is 32.3 Å². The largest absolute Gasteiger partial charge is 0.326 e. The van der Waals surface area contributed by atoms with Crippen LogP contribution < -0.4 is 5.32 Å². The second-order valence-corrected chi connectivity index (χ2v) is 5.42. The van der Waals surface area contributed by atoms with E-state index in [0.717, 1.165) is 12.0 Å². The van der Waals surface area contributed by atoms with E-state index < -0.39 is 0 Å². The van der Waals surface area contributed by atoms with Crippen LogP contribution in [0.3, 0.4) is 0 Å². The Morgan fingerprint density at radius 2 is 2.12 bits per heavy atom. The summed E-state index contributed by atoms with van der Waals surface area (Å²) in [6.07, 6.45) is 1.35. The zero-order chi connectivity index (χ0) is 13.0. The van der Waals surface area contributed by atoms with Crippen LogP contribution in [-0.4, -0.2) is 5.91 Å². The highest BCUT2D eigenvalue weighted by molar-refractivity contribution is 9.10. The number of hydrogen-bond donors (Lipinski definition) is 1. The number of aryl methyl sites for hydroxylation is 1. The van der Waals surface area contributed by atoms with Crippen LogP contribution in [0, 0.1) is 18.7 Å². The maximum atomic E-state index is 13.2. The molecule has 0 bridgehead atoms. The van der Waals surface area contributed by atoms with Crippen molar-refractivity contribution in [1.29, 1.82) is 0 Å². The molecule has 0 unspecified atom stereocenters. The van der Waals surface area contributed by atoms with Crippen molar-refractivity contribution in [2.75, 3.05) is 5.32 Å². The number of carbonyl (C=O) groups is 1. The molecule has 0 fully saturated rings. The molecule has 17 heavy (non-hydrogen) atoms. The Hall–Kier alpha value is -0.900. The highest BCUT2D eigenvalue weighted by Gasteiger charge is 2.09. The third-order valence-corrected chi connectivity index (χ3v) is 3.10. The van der Waals surface area contributed by atoms with Crippen molar-refractivity contribution in [1.82, 2.24) is 0 Å². The van der Waals surface area contributed by atoms with Crippen LogP contribution in [0.2, 0.25) is 0 Å². The third-order valence-electron chi connectivity index (χ3n) is 2.49. The first-order chi connectivity index (χ1) is 7.90. The van der Waals surface area contributed by atoms with E-state index in [-0.39, 0.29) is 11.7 Å². The Bertz CT molecular complexity index is 418. The van der Waals surface area contributed by atoms with Crippen molar-refractivity contribution in [3.05, 3.63) is 28.0 Å². The normalized spacial score (nSPS) is 10.7. The number of anilines is 1. The smallest absolute Gasteiger partial charge is 0.224 e. The van der Waals surface area contributed by atoms with Crippen LogP contribution >= 0.6 is 15.9 Å². The quantitative estimate of drug-likeness (QED) is 0.884. The van der Waals surface area contributed by atoms with Crippen LogP contribution in [0.25, 0.3) is 0 Å². The van der Waals surface area contributed by atoms with E-state index in [1.165, 1.54) is 6.07 Å². The van der Waals surface area contributed by atoms with E-state index in [4.69, 9.17) is 0 Å². The van der Waals surface area contributed by atoms with Crippen molar-refractivity contribution in [3.8, 4) is 0 Å². The van der Waals surface area contributed by atoms with Gasteiger partial charge < -0.3 is 5.32 Å². The molecule has 1 aromatic rings. The first-order valence-corrected chi connectivity index (χ1v) is 6.45. The minimum atomic E-state index is -0.317. The fraction of sp³-hybridized carbons (Fsp3) is 0.462. The molecule has 0 spiro atoms. The predicted molar refractivity (Wildman–Crippen MR) is 71.5 cm³/mol. The molecule has 0 atom stereocenters. The SMILES string of the molecule is Cc1cc(F)c(Br)cc1NC(=O)CCC(C)C. The molecular formula is C13H17BrFNO. The average Bonchev–Trinajstić information content (AvgIpc) is 2.23. The minimum absolute atomic E-state index is 0.0275. The van der Waals surface area contributed by atoms with Gasteiger partial charge in [0.15, 0.2) is 0 Å². The van der Waals surface area contributed by atoms with E-state index in [1.807, 2.05) is 0 Å². The molecule has 0 aromatic heterocycles. The molecule has 94 valence electrons. The summed E-state index contributed by atoms with van der Waals surface area (Å²) in [4.78, 5) is 11.6. The van der Waals surface area contributed by atoms with Gasteiger partial charge in [-0.1, -0.05) is 13.8 Å². The van der Waals surface area contributed by atoms with Gasteiger partial charge in [-0.3, -0.25) is 4.79 Å². The maximum absolute atomic E-state index is 13.2. The van der Waals surface area contributed by atoms with Crippen LogP contribution in [-0.2, 0) is 4.79 Å². The Morgan fingerprint density at radius 1 is 1.47 bits per heavy atom. The highest BCUT2D eigenvalue weighted by Crippen LogP contribution is 2.24. The summed E-state index contributed by atoms with van der Waals surface area (Å²) in [5.74, 6) is 0.157. The first kappa shape index (κ1) is 14.2. The molecule has 2 nitrogen and oxygen atoms in total. The van der Waals surface area contributed by atoms with Crippen molar-refractivity contribution in [2.24, 2.45) is 5.92 Å². The topological polar surface area (TPSA) is 29.1 Å². The number of amides is 1. The van der Waals surface area contributed by atoms with Gasteiger partial charge in [0.1, 0.15) is 5.82 Å². The number of benzene rings is 1. The van der Waals surface area contributed by atoms with Crippen molar-refractivity contribution < 1.29 is 9.18 Å². The van der Waals surface area contributed by atoms with Gasteiger partial charge in [0.05, 0.1) is 4.47 Å². The van der Waals surface area contributed by atoms with Gasteiger partial charge in [0, 0.05) is 12.1 Å². The summed E-state index contributed by atoms with van der Waals surface area (Å²) in [5, 5.41) is 2.80. The summed E-state index contributed by atoms with van der Waals surface area (Å²) in [7, 11) is 0. The Morgan fingerprint density at radius 3 is 2.71 bits per heavy atom. The molecule has 0 aliphatic carbocycles. The zero-order valence-corrected chi connectivity index (χ0v) is 11.9. The van der Waals surface area contributed by atoms with Crippen molar-refractivity contribution in [2.45, 2.75) is 33.6 Å². The van der Waals surface area contributed by atoms with Gasteiger partial charge >= 0.3 is 0 Å². The van der Waals surface area contributed by atoms with E-state index in [0.29, 0.717) is 22.5 Å². The first-order valence-electron chi connectivity index (χ1n) is 5.65. The number of carbonyl (C=O) groups excluding carboxylic acids is 1. The van der Waals surface area contributed by atoms with E-state index >= 15 is 0 Å². The summed E-state index contributed by atoms with van der Waals surface area (Å²) in [6, 6.07) is 3.00. The molecule has 0 aliphatic rings. The summed E-state index contributed by atoms with van der Waals surface area (Å²) < 4.78 is 13.6. The zero-order valence-electron chi connectivity index (χ0n) is 10.3. The lowest BCUT2D eigenvalue weighted by Crippen LogP contribution is -2.13.